The lowest BCUT2D eigenvalue weighted by atomic mass is 9.90. The number of aromatic nitrogens is 2. The first-order valence-corrected chi connectivity index (χ1v) is 9.25. The number of carbonyl (C=O) groups excluding carboxylic acids is 1. The SMILES string of the molecule is O=C(N1C2CCC1CC(n1cccn1)C2)C1(c2ccc(F)cc2)CC1. The predicted molar refractivity (Wildman–Crippen MR) is 91.5 cm³/mol. The maximum absolute atomic E-state index is 13.4. The van der Waals surface area contributed by atoms with Crippen molar-refractivity contribution >= 4 is 5.91 Å². The summed E-state index contributed by atoms with van der Waals surface area (Å²) in [6, 6.07) is 9.53. The highest BCUT2D eigenvalue weighted by Crippen LogP contribution is 2.52. The van der Waals surface area contributed by atoms with Crippen LogP contribution in [-0.2, 0) is 10.2 Å². The molecule has 1 aromatic heterocycles. The Hall–Kier alpha value is -2.17. The Morgan fingerprint density at radius 1 is 1.08 bits per heavy atom. The lowest BCUT2D eigenvalue weighted by Crippen LogP contribution is -2.50. The van der Waals surface area contributed by atoms with Gasteiger partial charge in [0, 0.05) is 24.5 Å². The van der Waals surface area contributed by atoms with Gasteiger partial charge >= 0.3 is 0 Å². The van der Waals surface area contributed by atoms with Crippen LogP contribution in [0.3, 0.4) is 0 Å². The minimum Gasteiger partial charge on any atom is -0.336 e. The quantitative estimate of drug-likeness (QED) is 0.859. The second kappa shape index (κ2) is 5.41. The summed E-state index contributed by atoms with van der Waals surface area (Å²) in [5, 5.41) is 4.40. The van der Waals surface area contributed by atoms with Crippen molar-refractivity contribution in [1.29, 1.82) is 0 Å². The number of rotatable bonds is 3. The molecule has 2 aliphatic heterocycles. The summed E-state index contributed by atoms with van der Waals surface area (Å²) in [7, 11) is 0. The molecule has 3 heterocycles. The first kappa shape index (κ1) is 15.1. The average Bonchev–Trinajstić information content (AvgIpc) is 3.16. The zero-order chi connectivity index (χ0) is 17.0. The Balaban J connectivity index is 1.39. The van der Waals surface area contributed by atoms with Crippen LogP contribution >= 0.6 is 0 Å². The van der Waals surface area contributed by atoms with Crippen molar-refractivity contribution in [3.8, 4) is 0 Å². The largest absolute Gasteiger partial charge is 0.336 e. The van der Waals surface area contributed by atoms with Crippen LogP contribution in [0.15, 0.2) is 42.7 Å². The lowest BCUT2D eigenvalue weighted by Gasteiger charge is -2.41. The summed E-state index contributed by atoms with van der Waals surface area (Å²) in [5.74, 6) is 0.0256. The molecule has 5 heteroatoms. The van der Waals surface area contributed by atoms with Gasteiger partial charge in [0.25, 0.3) is 0 Å². The van der Waals surface area contributed by atoms with Gasteiger partial charge in [-0.2, -0.15) is 5.10 Å². The van der Waals surface area contributed by atoms with Gasteiger partial charge in [0.1, 0.15) is 5.82 Å². The minimum atomic E-state index is -0.396. The van der Waals surface area contributed by atoms with Gasteiger partial charge in [-0.25, -0.2) is 4.39 Å². The maximum atomic E-state index is 13.4. The minimum absolute atomic E-state index is 0.243. The molecule has 2 unspecified atom stereocenters. The molecular formula is C20H22FN3O. The molecule has 3 aliphatic rings. The van der Waals surface area contributed by atoms with Crippen molar-refractivity contribution in [3.05, 3.63) is 54.1 Å². The molecule has 1 amide bonds. The number of benzene rings is 1. The molecule has 2 aromatic rings. The molecule has 1 aromatic carbocycles. The topological polar surface area (TPSA) is 38.1 Å². The molecular weight excluding hydrogens is 317 g/mol. The van der Waals surface area contributed by atoms with Crippen molar-refractivity contribution in [1.82, 2.24) is 14.7 Å². The van der Waals surface area contributed by atoms with E-state index in [1.165, 1.54) is 12.1 Å². The van der Waals surface area contributed by atoms with Gasteiger partial charge in [0.05, 0.1) is 11.5 Å². The van der Waals surface area contributed by atoms with Gasteiger partial charge in [0.2, 0.25) is 5.91 Å². The number of amides is 1. The Morgan fingerprint density at radius 2 is 1.76 bits per heavy atom. The number of piperidine rings is 1. The number of carbonyl (C=O) groups is 1. The number of hydrogen-bond donors (Lipinski definition) is 0. The number of halogens is 1. The fourth-order valence-electron chi connectivity index (χ4n) is 4.96. The highest BCUT2D eigenvalue weighted by atomic mass is 19.1. The van der Waals surface area contributed by atoms with E-state index >= 15 is 0 Å². The van der Waals surface area contributed by atoms with Crippen molar-refractivity contribution < 1.29 is 9.18 Å². The lowest BCUT2D eigenvalue weighted by molar-refractivity contribution is -0.139. The van der Waals surface area contributed by atoms with Crippen LogP contribution in [0.1, 0.15) is 50.1 Å². The monoisotopic (exact) mass is 339 g/mol. The molecule has 2 atom stereocenters. The van der Waals surface area contributed by atoms with Crippen LogP contribution in [0.4, 0.5) is 4.39 Å². The average molecular weight is 339 g/mol. The third kappa shape index (κ3) is 2.32. The van der Waals surface area contributed by atoms with E-state index in [1.54, 1.807) is 12.1 Å². The van der Waals surface area contributed by atoms with E-state index in [9.17, 15) is 9.18 Å². The molecule has 25 heavy (non-hydrogen) atoms. The third-order valence-electron chi connectivity index (χ3n) is 6.40. The molecule has 2 bridgehead atoms. The van der Waals surface area contributed by atoms with Gasteiger partial charge < -0.3 is 4.90 Å². The van der Waals surface area contributed by atoms with Crippen LogP contribution in [0, 0.1) is 5.82 Å². The molecule has 2 saturated heterocycles. The van der Waals surface area contributed by atoms with Crippen LogP contribution < -0.4 is 0 Å². The van der Waals surface area contributed by atoms with Crippen LogP contribution in [-0.4, -0.2) is 32.7 Å². The molecule has 4 nitrogen and oxygen atoms in total. The number of nitrogens with zero attached hydrogens (tertiary/aromatic N) is 3. The van der Waals surface area contributed by atoms with E-state index in [0.717, 1.165) is 44.1 Å². The van der Waals surface area contributed by atoms with Crippen molar-refractivity contribution in [2.45, 2.75) is 62.1 Å². The van der Waals surface area contributed by atoms with Crippen molar-refractivity contribution in [2.75, 3.05) is 0 Å². The molecule has 0 N–H and O–H groups in total. The van der Waals surface area contributed by atoms with Crippen LogP contribution in [0.5, 0.6) is 0 Å². The fraction of sp³-hybridized carbons (Fsp3) is 0.500. The van der Waals surface area contributed by atoms with Gasteiger partial charge in [-0.15, -0.1) is 0 Å². The number of fused-ring (bicyclic) bond motifs is 2. The van der Waals surface area contributed by atoms with Crippen molar-refractivity contribution in [2.24, 2.45) is 0 Å². The van der Waals surface area contributed by atoms with E-state index in [4.69, 9.17) is 0 Å². The van der Waals surface area contributed by atoms with Gasteiger partial charge in [-0.1, -0.05) is 12.1 Å². The molecule has 5 rings (SSSR count). The smallest absolute Gasteiger partial charge is 0.233 e. The summed E-state index contributed by atoms with van der Waals surface area (Å²) in [4.78, 5) is 15.6. The molecule has 130 valence electrons. The van der Waals surface area contributed by atoms with Crippen molar-refractivity contribution in [3.63, 3.8) is 0 Å². The summed E-state index contributed by atoms with van der Waals surface area (Å²) >= 11 is 0. The van der Waals surface area contributed by atoms with E-state index in [1.807, 2.05) is 18.5 Å². The summed E-state index contributed by atoms with van der Waals surface area (Å²) in [6.07, 6.45) is 9.79. The number of hydrogen-bond acceptors (Lipinski definition) is 2. The summed E-state index contributed by atoms with van der Waals surface area (Å²) in [6.45, 7) is 0. The summed E-state index contributed by atoms with van der Waals surface area (Å²) in [5.41, 5.74) is 0.583. The van der Waals surface area contributed by atoms with E-state index in [2.05, 4.69) is 14.7 Å². The second-order valence-corrected chi connectivity index (χ2v) is 7.80. The zero-order valence-corrected chi connectivity index (χ0v) is 14.1. The first-order valence-electron chi connectivity index (χ1n) is 9.25. The molecule has 1 aliphatic carbocycles. The van der Waals surface area contributed by atoms with E-state index < -0.39 is 5.41 Å². The second-order valence-electron chi connectivity index (χ2n) is 7.80. The van der Waals surface area contributed by atoms with E-state index in [-0.39, 0.29) is 11.7 Å². The Labute approximate surface area is 146 Å². The maximum Gasteiger partial charge on any atom is 0.233 e. The highest BCUT2D eigenvalue weighted by Gasteiger charge is 2.57. The zero-order valence-electron chi connectivity index (χ0n) is 14.1. The normalized spacial score (nSPS) is 29.6. The fourth-order valence-corrected chi connectivity index (χ4v) is 4.96. The third-order valence-corrected chi connectivity index (χ3v) is 6.40. The molecule has 0 spiro atoms. The Kier molecular flexibility index (Phi) is 3.27. The molecule has 0 radical (unpaired) electrons. The van der Waals surface area contributed by atoms with Gasteiger partial charge in [0.15, 0.2) is 0 Å². The Morgan fingerprint density at radius 3 is 2.32 bits per heavy atom. The van der Waals surface area contributed by atoms with Crippen LogP contribution in [0.25, 0.3) is 0 Å². The highest BCUT2D eigenvalue weighted by molar-refractivity contribution is 5.92. The predicted octanol–water partition coefficient (Wildman–Crippen LogP) is 3.45. The van der Waals surface area contributed by atoms with E-state index in [0.29, 0.717) is 18.1 Å². The standard InChI is InChI=1S/C20H22FN3O/c21-15-4-2-14(3-5-15)20(8-9-20)19(25)24-16-6-7-17(24)13-18(12-16)23-11-1-10-22-23/h1-5,10-11,16-18H,6-9,12-13H2. The van der Waals surface area contributed by atoms with Gasteiger partial charge in [-0.3, -0.25) is 9.48 Å². The molecule has 3 fully saturated rings. The summed E-state index contributed by atoms with van der Waals surface area (Å²) < 4.78 is 15.3. The molecule has 1 saturated carbocycles. The van der Waals surface area contributed by atoms with Crippen LogP contribution in [0.2, 0.25) is 0 Å². The first-order chi connectivity index (χ1) is 12.2. The van der Waals surface area contributed by atoms with Gasteiger partial charge in [-0.05, 0) is 62.3 Å². The Bertz CT molecular complexity index is 768.